The van der Waals surface area contributed by atoms with Crippen molar-refractivity contribution >= 4 is 10.9 Å². The zero-order valence-corrected chi connectivity index (χ0v) is 12.3. The van der Waals surface area contributed by atoms with Gasteiger partial charge in [0, 0.05) is 16.6 Å². The van der Waals surface area contributed by atoms with Crippen LogP contribution in [0.1, 0.15) is 31.2 Å². The predicted octanol–water partition coefficient (Wildman–Crippen LogP) is 2.92. The van der Waals surface area contributed by atoms with E-state index < -0.39 is 6.10 Å². The van der Waals surface area contributed by atoms with E-state index in [1.54, 1.807) is 0 Å². The highest BCUT2D eigenvalue weighted by Crippen LogP contribution is 2.30. The van der Waals surface area contributed by atoms with Crippen LogP contribution in [0.15, 0.2) is 30.3 Å². The summed E-state index contributed by atoms with van der Waals surface area (Å²) in [4.78, 5) is 6.52. The number of aliphatic hydroxyl groups is 1. The molecule has 0 saturated carbocycles. The quantitative estimate of drug-likeness (QED) is 0.919. The number of fused-ring (bicyclic) bond motifs is 1. The number of aromatic nitrogens is 1. The van der Waals surface area contributed by atoms with Gasteiger partial charge in [-0.2, -0.15) is 0 Å². The van der Waals surface area contributed by atoms with Gasteiger partial charge in [-0.05, 0) is 58.6 Å². The first kappa shape index (κ1) is 14.0. The normalized spacial score (nSPS) is 14.1. The summed E-state index contributed by atoms with van der Waals surface area (Å²) in [6, 6.07) is 10.0. The molecule has 102 valence electrons. The van der Waals surface area contributed by atoms with Crippen molar-refractivity contribution < 1.29 is 5.11 Å². The lowest BCUT2D eigenvalue weighted by Gasteiger charge is -2.37. The number of benzene rings is 1. The fourth-order valence-electron chi connectivity index (χ4n) is 2.07. The van der Waals surface area contributed by atoms with Crippen molar-refractivity contribution in [1.29, 1.82) is 0 Å². The van der Waals surface area contributed by atoms with Crippen LogP contribution in [0.2, 0.25) is 0 Å². The second-order valence-corrected chi connectivity index (χ2v) is 5.86. The minimum absolute atomic E-state index is 0.314. The number of hydrogen-bond donors (Lipinski definition) is 1. The molecule has 1 heterocycles. The lowest BCUT2D eigenvalue weighted by molar-refractivity contribution is 0.0165. The van der Waals surface area contributed by atoms with Crippen molar-refractivity contribution in [1.82, 2.24) is 9.88 Å². The van der Waals surface area contributed by atoms with Crippen molar-refractivity contribution in [3.63, 3.8) is 0 Å². The molecule has 0 amide bonds. The van der Waals surface area contributed by atoms with Crippen LogP contribution in [0, 0.1) is 6.92 Å². The van der Waals surface area contributed by atoms with Crippen LogP contribution in [-0.2, 0) is 0 Å². The van der Waals surface area contributed by atoms with Crippen LogP contribution in [0.5, 0.6) is 0 Å². The molecular weight excluding hydrogens is 236 g/mol. The molecule has 1 unspecified atom stereocenters. The van der Waals surface area contributed by atoms with E-state index in [-0.39, 0.29) is 5.54 Å². The largest absolute Gasteiger partial charge is 0.386 e. The van der Waals surface area contributed by atoms with Crippen molar-refractivity contribution in [2.45, 2.75) is 32.4 Å². The number of aliphatic hydroxyl groups excluding tert-OH is 1. The average molecular weight is 258 g/mol. The van der Waals surface area contributed by atoms with Crippen molar-refractivity contribution in [3.05, 3.63) is 41.6 Å². The van der Waals surface area contributed by atoms with Crippen LogP contribution in [0.4, 0.5) is 0 Å². The average Bonchev–Trinajstić information content (AvgIpc) is 2.37. The van der Waals surface area contributed by atoms with E-state index in [4.69, 9.17) is 0 Å². The highest BCUT2D eigenvalue weighted by atomic mass is 16.3. The Hall–Kier alpha value is -1.45. The lowest BCUT2D eigenvalue weighted by Crippen LogP contribution is -2.43. The Morgan fingerprint density at radius 2 is 1.84 bits per heavy atom. The Balaban J connectivity index is 2.44. The highest BCUT2D eigenvalue weighted by molar-refractivity contribution is 5.79. The molecule has 0 spiro atoms. The molecule has 19 heavy (non-hydrogen) atoms. The Labute approximate surface area is 114 Å². The van der Waals surface area contributed by atoms with Crippen molar-refractivity contribution in [2.75, 3.05) is 14.1 Å². The van der Waals surface area contributed by atoms with Crippen LogP contribution in [0.3, 0.4) is 0 Å². The molecule has 0 fully saturated rings. The number of aryl methyl sites for hydroxylation is 1. The fourth-order valence-corrected chi connectivity index (χ4v) is 2.07. The number of nitrogens with zero attached hydrogens (tertiary/aromatic N) is 2. The Bertz CT molecular complexity index is 590. The first-order valence-electron chi connectivity index (χ1n) is 6.55. The Morgan fingerprint density at radius 1 is 1.16 bits per heavy atom. The fraction of sp³-hybridized carbons (Fsp3) is 0.438. The molecule has 0 saturated heterocycles. The summed E-state index contributed by atoms with van der Waals surface area (Å²) in [5.41, 5.74) is 2.59. The van der Waals surface area contributed by atoms with E-state index in [1.807, 2.05) is 64.0 Å². The van der Waals surface area contributed by atoms with E-state index in [9.17, 15) is 5.11 Å². The van der Waals surface area contributed by atoms with Gasteiger partial charge in [-0.15, -0.1) is 0 Å². The third-order valence-corrected chi connectivity index (χ3v) is 3.99. The van der Waals surface area contributed by atoms with Gasteiger partial charge in [-0.1, -0.05) is 12.1 Å². The highest BCUT2D eigenvalue weighted by Gasteiger charge is 2.31. The first-order chi connectivity index (χ1) is 8.82. The number of likely N-dealkylation sites (N-methyl/N-ethyl adjacent to an activating group) is 1. The topological polar surface area (TPSA) is 36.4 Å². The monoisotopic (exact) mass is 258 g/mol. The second kappa shape index (κ2) is 4.91. The molecule has 1 aromatic carbocycles. The summed E-state index contributed by atoms with van der Waals surface area (Å²) in [6.45, 7) is 6.06. The summed E-state index contributed by atoms with van der Waals surface area (Å²) >= 11 is 0. The molecule has 3 heteroatoms. The zero-order chi connectivity index (χ0) is 14.2. The maximum atomic E-state index is 10.6. The minimum atomic E-state index is -0.534. The van der Waals surface area contributed by atoms with Crippen LogP contribution in [0.25, 0.3) is 10.9 Å². The van der Waals surface area contributed by atoms with E-state index in [1.165, 1.54) is 0 Å². The second-order valence-electron chi connectivity index (χ2n) is 5.86. The summed E-state index contributed by atoms with van der Waals surface area (Å²) < 4.78 is 0. The van der Waals surface area contributed by atoms with Gasteiger partial charge in [0.2, 0.25) is 0 Å². The number of hydrogen-bond acceptors (Lipinski definition) is 3. The zero-order valence-electron chi connectivity index (χ0n) is 12.3. The first-order valence-corrected chi connectivity index (χ1v) is 6.55. The molecule has 1 N–H and O–H groups in total. The van der Waals surface area contributed by atoms with Gasteiger partial charge in [-0.25, -0.2) is 0 Å². The van der Waals surface area contributed by atoms with E-state index >= 15 is 0 Å². The van der Waals surface area contributed by atoms with Gasteiger partial charge in [0.1, 0.15) is 0 Å². The third kappa shape index (κ3) is 2.62. The van der Waals surface area contributed by atoms with Gasteiger partial charge >= 0.3 is 0 Å². The number of rotatable bonds is 3. The van der Waals surface area contributed by atoms with E-state index in [0.717, 1.165) is 22.2 Å². The molecule has 0 aliphatic rings. The number of pyridine rings is 1. The maximum absolute atomic E-state index is 10.6. The molecule has 2 rings (SSSR count). The summed E-state index contributed by atoms with van der Waals surface area (Å²) in [5.74, 6) is 0. The molecule has 1 aromatic heterocycles. The SMILES string of the molecule is Cc1ccc2cc(C(O)C(C)(C)N(C)C)ccc2n1. The summed E-state index contributed by atoms with van der Waals surface area (Å²) in [7, 11) is 3.96. The Kier molecular flexibility index (Phi) is 3.61. The molecule has 1 atom stereocenters. The van der Waals surface area contributed by atoms with Gasteiger partial charge in [-0.3, -0.25) is 4.98 Å². The molecule has 0 aliphatic heterocycles. The molecule has 0 bridgehead atoms. The summed E-state index contributed by atoms with van der Waals surface area (Å²) in [5, 5.41) is 11.6. The molecular formula is C16H22N2O. The van der Waals surface area contributed by atoms with Gasteiger partial charge < -0.3 is 10.0 Å². The minimum Gasteiger partial charge on any atom is -0.386 e. The van der Waals surface area contributed by atoms with Gasteiger partial charge in [0.05, 0.1) is 11.6 Å². The Morgan fingerprint density at radius 3 is 2.47 bits per heavy atom. The smallest absolute Gasteiger partial charge is 0.0968 e. The van der Waals surface area contributed by atoms with Crippen LogP contribution >= 0.6 is 0 Å². The standard InChI is InChI=1S/C16H22N2O/c1-11-6-7-12-10-13(8-9-14(12)17-11)15(19)16(2,3)18(4)5/h6-10,15,19H,1-5H3. The molecule has 2 aromatic rings. The molecule has 0 radical (unpaired) electrons. The van der Waals surface area contributed by atoms with Gasteiger partial charge in [0.15, 0.2) is 0 Å². The molecule has 3 nitrogen and oxygen atoms in total. The predicted molar refractivity (Wildman–Crippen MR) is 79.2 cm³/mol. The van der Waals surface area contributed by atoms with E-state index in [2.05, 4.69) is 11.1 Å². The third-order valence-electron chi connectivity index (χ3n) is 3.99. The van der Waals surface area contributed by atoms with Gasteiger partial charge in [0.25, 0.3) is 0 Å². The van der Waals surface area contributed by atoms with Crippen molar-refractivity contribution in [3.8, 4) is 0 Å². The summed E-state index contributed by atoms with van der Waals surface area (Å²) in [6.07, 6.45) is -0.534. The van der Waals surface area contributed by atoms with Crippen LogP contribution in [-0.4, -0.2) is 34.6 Å². The van der Waals surface area contributed by atoms with Crippen molar-refractivity contribution in [2.24, 2.45) is 0 Å². The van der Waals surface area contributed by atoms with Crippen LogP contribution < -0.4 is 0 Å². The van der Waals surface area contributed by atoms with E-state index in [0.29, 0.717) is 0 Å². The molecule has 0 aliphatic carbocycles. The maximum Gasteiger partial charge on any atom is 0.0968 e. The lowest BCUT2D eigenvalue weighted by atomic mass is 9.89.